The Bertz CT molecular complexity index is 843. The Hall–Kier alpha value is -2.84. The summed E-state index contributed by atoms with van der Waals surface area (Å²) in [6.07, 6.45) is -0.569. The molecule has 2 rings (SSSR count). The predicted octanol–water partition coefficient (Wildman–Crippen LogP) is 4.68. The van der Waals surface area contributed by atoms with Gasteiger partial charge in [-0.1, -0.05) is 11.6 Å². The number of anilines is 4. The van der Waals surface area contributed by atoms with Crippen molar-refractivity contribution >= 4 is 63.7 Å². The van der Waals surface area contributed by atoms with Crippen molar-refractivity contribution in [2.45, 2.75) is 13.8 Å². The third-order valence-corrected chi connectivity index (χ3v) is 3.72. The molecule has 0 saturated heterocycles. The number of benzene rings is 2. The fraction of sp³-hybridized carbons (Fsp3) is 0.167. The lowest BCUT2D eigenvalue weighted by atomic mass is 10.2. The minimum atomic E-state index is -0.569. The van der Waals surface area contributed by atoms with Crippen LogP contribution in [0.5, 0.6) is 0 Å². The van der Waals surface area contributed by atoms with Crippen molar-refractivity contribution in [2.24, 2.45) is 0 Å². The summed E-state index contributed by atoms with van der Waals surface area (Å²) < 4.78 is 4.81. The van der Waals surface area contributed by atoms with Gasteiger partial charge in [0.05, 0.1) is 17.3 Å². The molecule has 4 N–H and O–H groups in total. The Morgan fingerprint density at radius 1 is 0.963 bits per heavy atom. The van der Waals surface area contributed by atoms with Gasteiger partial charge >= 0.3 is 6.09 Å². The largest absolute Gasteiger partial charge is 0.450 e. The second-order valence-electron chi connectivity index (χ2n) is 5.38. The number of carbonyl (C=O) groups is 2. The van der Waals surface area contributed by atoms with Gasteiger partial charge in [0.2, 0.25) is 5.91 Å². The van der Waals surface area contributed by atoms with Gasteiger partial charge in [-0.05, 0) is 61.6 Å². The van der Waals surface area contributed by atoms with Crippen molar-refractivity contribution in [2.75, 3.05) is 27.9 Å². The summed E-state index contributed by atoms with van der Waals surface area (Å²) in [5.74, 6) is -0.134. The maximum absolute atomic E-state index is 11.5. The lowest BCUT2D eigenvalue weighted by Crippen LogP contribution is -2.19. The van der Waals surface area contributed by atoms with Gasteiger partial charge < -0.3 is 20.7 Å². The third-order valence-electron chi connectivity index (χ3n) is 3.20. The minimum absolute atomic E-state index is 0.134. The molecule has 2 amide bonds. The van der Waals surface area contributed by atoms with E-state index in [4.69, 9.17) is 28.6 Å². The minimum Gasteiger partial charge on any atom is -0.450 e. The van der Waals surface area contributed by atoms with E-state index in [1.54, 1.807) is 49.4 Å². The van der Waals surface area contributed by atoms with Crippen molar-refractivity contribution in [3.8, 4) is 0 Å². The van der Waals surface area contributed by atoms with Gasteiger partial charge in [-0.25, -0.2) is 4.79 Å². The summed E-state index contributed by atoms with van der Waals surface area (Å²) in [5.41, 5.74) is 2.55. The van der Waals surface area contributed by atoms with Crippen molar-refractivity contribution < 1.29 is 14.3 Å². The van der Waals surface area contributed by atoms with E-state index in [1.165, 1.54) is 6.92 Å². The van der Waals surface area contributed by atoms with Crippen LogP contribution >= 0.6 is 23.8 Å². The van der Waals surface area contributed by atoms with E-state index < -0.39 is 6.09 Å². The van der Waals surface area contributed by atoms with Gasteiger partial charge in [-0.2, -0.15) is 0 Å². The summed E-state index contributed by atoms with van der Waals surface area (Å²) in [5, 5.41) is 12.0. The van der Waals surface area contributed by atoms with E-state index in [2.05, 4.69) is 21.3 Å². The molecule has 0 aliphatic carbocycles. The van der Waals surface area contributed by atoms with Crippen LogP contribution in [0.3, 0.4) is 0 Å². The van der Waals surface area contributed by atoms with Crippen molar-refractivity contribution in [1.29, 1.82) is 0 Å². The molecule has 0 atom stereocenters. The van der Waals surface area contributed by atoms with Crippen LogP contribution in [-0.2, 0) is 9.53 Å². The van der Waals surface area contributed by atoms with Crippen LogP contribution in [-0.4, -0.2) is 23.7 Å². The average Bonchev–Trinajstić information content (AvgIpc) is 2.59. The Kier molecular flexibility index (Phi) is 7.39. The second kappa shape index (κ2) is 9.75. The smallest absolute Gasteiger partial charge is 0.411 e. The Balaban J connectivity index is 1.94. The van der Waals surface area contributed by atoms with Crippen molar-refractivity contribution in [3.05, 3.63) is 47.5 Å². The van der Waals surface area contributed by atoms with E-state index in [1.807, 2.05) is 0 Å². The molecule has 27 heavy (non-hydrogen) atoms. The van der Waals surface area contributed by atoms with Gasteiger partial charge in [0, 0.05) is 24.0 Å². The molecule has 142 valence electrons. The fourth-order valence-corrected chi connectivity index (χ4v) is 2.57. The highest BCUT2D eigenvalue weighted by atomic mass is 35.5. The molecule has 0 radical (unpaired) electrons. The molecule has 2 aromatic carbocycles. The molecule has 7 nitrogen and oxygen atoms in total. The van der Waals surface area contributed by atoms with Crippen LogP contribution in [0.2, 0.25) is 5.02 Å². The normalized spacial score (nSPS) is 9.89. The average molecular weight is 407 g/mol. The number of halogens is 1. The van der Waals surface area contributed by atoms with Gasteiger partial charge in [-0.15, -0.1) is 0 Å². The van der Waals surface area contributed by atoms with E-state index >= 15 is 0 Å². The van der Waals surface area contributed by atoms with E-state index in [-0.39, 0.29) is 12.5 Å². The molecule has 0 aromatic heterocycles. The molecule has 0 saturated carbocycles. The molecule has 9 heteroatoms. The van der Waals surface area contributed by atoms with Gasteiger partial charge in [0.15, 0.2) is 5.11 Å². The maximum Gasteiger partial charge on any atom is 0.411 e. The highest BCUT2D eigenvalue weighted by Gasteiger charge is 2.08. The van der Waals surface area contributed by atoms with Gasteiger partial charge in [0.1, 0.15) is 0 Å². The molecule has 0 aliphatic heterocycles. The summed E-state index contributed by atoms with van der Waals surface area (Å²) in [4.78, 5) is 22.5. The van der Waals surface area contributed by atoms with Crippen LogP contribution in [0.15, 0.2) is 42.5 Å². The monoisotopic (exact) mass is 406 g/mol. The second-order valence-corrected chi connectivity index (χ2v) is 6.19. The summed E-state index contributed by atoms with van der Waals surface area (Å²) in [6, 6.07) is 12.1. The topological polar surface area (TPSA) is 91.5 Å². The van der Waals surface area contributed by atoms with E-state index in [0.717, 1.165) is 5.69 Å². The Labute approximate surface area is 167 Å². The standard InChI is InChI=1S/C18H19ClN4O3S/c1-3-26-18(25)23-16-9-8-14(10-15(16)19)22-17(27)21-13-6-4-12(5-7-13)20-11(2)24/h4-10H,3H2,1-2H3,(H,20,24)(H,23,25)(H2,21,22,27). The third kappa shape index (κ3) is 6.76. The highest BCUT2D eigenvalue weighted by molar-refractivity contribution is 7.80. The molecule has 0 aliphatic rings. The zero-order chi connectivity index (χ0) is 19.8. The zero-order valence-electron chi connectivity index (χ0n) is 14.8. The first kappa shape index (κ1) is 20.5. The number of ether oxygens (including phenoxy) is 1. The van der Waals surface area contributed by atoms with Crippen LogP contribution < -0.4 is 21.3 Å². The number of carbonyl (C=O) groups excluding carboxylic acids is 2. The van der Waals surface area contributed by atoms with Crippen LogP contribution in [0.25, 0.3) is 0 Å². The molecular weight excluding hydrogens is 388 g/mol. The Morgan fingerprint density at radius 3 is 2.07 bits per heavy atom. The lowest BCUT2D eigenvalue weighted by Gasteiger charge is -2.13. The van der Waals surface area contributed by atoms with Crippen LogP contribution in [0, 0.1) is 0 Å². The number of hydrogen-bond acceptors (Lipinski definition) is 4. The summed E-state index contributed by atoms with van der Waals surface area (Å²) >= 11 is 11.4. The number of nitrogens with one attached hydrogen (secondary N) is 4. The lowest BCUT2D eigenvalue weighted by molar-refractivity contribution is -0.114. The SMILES string of the molecule is CCOC(=O)Nc1ccc(NC(=S)Nc2ccc(NC(C)=O)cc2)cc1Cl. The molecule has 0 fully saturated rings. The summed E-state index contributed by atoms with van der Waals surface area (Å²) in [6.45, 7) is 3.44. The first-order valence-electron chi connectivity index (χ1n) is 8.06. The molecule has 0 unspecified atom stereocenters. The molecule has 0 spiro atoms. The van der Waals surface area contributed by atoms with E-state index in [9.17, 15) is 9.59 Å². The number of hydrogen-bond donors (Lipinski definition) is 4. The highest BCUT2D eigenvalue weighted by Crippen LogP contribution is 2.26. The first-order chi connectivity index (χ1) is 12.9. The molecule has 0 bridgehead atoms. The summed E-state index contributed by atoms with van der Waals surface area (Å²) in [7, 11) is 0. The zero-order valence-corrected chi connectivity index (χ0v) is 16.3. The van der Waals surface area contributed by atoms with Gasteiger partial charge in [-0.3, -0.25) is 10.1 Å². The van der Waals surface area contributed by atoms with E-state index in [0.29, 0.717) is 27.2 Å². The maximum atomic E-state index is 11.5. The van der Waals surface area contributed by atoms with Crippen LogP contribution in [0.1, 0.15) is 13.8 Å². The van der Waals surface area contributed by atoms with Gasteiger partial charge in [0.25, 0.3) is 0 Å². The van der Waals surface area contributed by atoms with Crippen molar-refractivity contribution in [3.63, 3.8) is 0 Å². The number of amides is 2. The van der Waals surface area contributed by atoms with Crippen LogP contribution in [0.4, 0.5) is 27.5 Å². The predicted molar refractivity (Wildman–Crippen MR) is 113 cm³/mol. The number of rotatable bonds is 5. The van der Waals surface area contributed by atoms with Crippen molar-refractivity contribution in [1.82, 2.24) is 0 Å². The fourth-order valence-electron chi connectivity index (χ4n) is 2.10. The molecule has 0 heterocycles. The number of thiocarbonyl (C=S) groups is 1. The molecular formula is C18H19ClN4O3S. The quantitative estimate of drug-likeness (QED) is 0.539. The first-order valence-corrected chi connectivity index (χ1v) is 8.85. The Morgan fingerprint density at radius 2 is 1.52 bits per heavy atom. The molecule has 2 aromatic rings.